The predicted molar refractivity (Wildman–Crippen MR) is 182 cm³/mol. The molecule has 2 amide bonds. The zero-order valence-electron chi connectivity index (χ0n) is 26.4. The van der Waals surface area contributed by atoms with Gasteiger partial charge in [0.05, 0.1) is 43.7 Å². The summed E-state index contributed by atoms with van der Waals surface area (Å²) >= 11 is 7.81. The number of benzene rings is 3. The van der Waals surface area contributed by atoms with Crippen molar-refractivity contribution in [3.05, 3.63) is 82.9 Å². The van der Waals surface area contributed by atoms with Gasteiger partial charge in [0.25, 0.3) is 0 Å². The monoisotopic (exact) mass is 660 g/mol. The van der Waals surface area contributed by atoms with Crippen LogP contribution >= 0.6 is 23.4 Å². The number of carbonyl (C=O) groups is 2. The van der Waals surface area contributed by atoms with Gasteiger partial charge in [0, 0.05) is 29.2 Å². The summed E-state index contributed by atoms with van der Waals surface area (Å²) in [6.07, 6.45) is 1.90. The van der Waals surface area contributed by atoms with Gasteiger partial charge in [0.2, 0.25) is 11.8 Å². The Labute approximate surface area is 278 Å². The molecule has 1 saturated heterocycles. The molecule has 46 heavy (non-hydrogen) atoms. The number of aromatic nitrogens is 2. The van der Waals surface area contributed by atoms with Crippen molar-refractivity contribution < 1.29 is 23.8 Å². The number of amides is 2. The van der Waals surface area contributed by atoms with Gasteiger partial charge >= 0.3 is 0 Å². The smallest absolute Gasteiger partial charge is 0.242 e. The molecule has 0 saturated carbocycles. The Balaban J connectivity index is 1.57. The molecular weight excluding hydrogens is 624 g/mol. The summed E-state index contributed by atoms with van der Waals surface area (Å²) in [5.41, 5.74) is 3.99. The molecule has 0 unspecified atom stereocenters. The molecule has 3 aromatic carbocycles. The molecule has 0 radical (unpaired) electrons. The van der Waals surface area contributed by atoms with Crippen LogP contribution in [0.1, 0.15) is 36.1 Å². The SMILES string of the molecule is COc1ccc(-n2nc(-c3ccc(Cl)cc3)c3c2N(CC(=O)N2CCC(C)CC2)C(=O)CS[C@@H]3c2ccc(OC)c(OC)c2)cc1. The average Bonchev–Trinajstić information content (AvgIpc) is 3.40. The fraction of sp³-hybridized carbons (Fsp3) is 0.343. The number of hydrogen-bond acceptors (Lipinski definition) is 7. The molecule has 0 bridgehead atoms. The van der Waals surface area contributed by atoms with E-state index in [9.17, 15) is 9.59 Å². The summed E-state index contributed by atoms with van der Waals surface area (Å²) in [7, 11) is 4.82. The third-order valence-corrected chi connectivity index (χ3v) is 10.2. The second-order valence-electron chi connectivity index (χ2n) is 11.6. The number of hydrogen-bond donors (Lipinski definition) is 0. The first-order valence-electron chi connectivity index (χ1n) is 15.3. The quantitative estimate of drug-likeness (QED) is 0.209. The number of nitrogens with zero attached hydrogens (tertiary/aromatic N) is 4. The van der Waals surface area contributed by atoms with Gasteiger partial charge in [-0.2, -0.15) is 5.10 Å². The molecule has 0 N–H and O–H groups in total. The number of methoxy groups -OCH3 is 3. The highest BCUT2D eigenvalue weighted by atomic mass is 35.5. The van der Waals surface area contributed by atoms with Gasteiger partial charge in [-0.15, -0.1) is 11.8 Å². The van der Waals surface area contributed by atoms with Gasteiger partial charge in [-0.3, -0.25) is 14.5 Å². The number of carbonyl (C=O) groups excluding carboxylic acids is 2. The van der Waals surface area contributed by atoms with Crippen LogP contribution in [0.5, 0.6) is 17.2 Å². The van der Waals surface area contributed by atoms with Crippen LogP contribution in [0.4, 0.5) is 5.82 Å². The van der Waals surface area contributed by atoms with Crippen molar-refractivity contribution in [2.75, 3.05) is 51.6 Å². The first-order valence-corrected chi connectivity index (χ1v) is 16.7. The van der Waals surface area contributed by atoms with Gasteiger partial charge in [-0.25, -0.2) is 4.68 Å². The first kappa shape index (κ1) is 31.8. The van der Waals surface area contributed by atoms with E-state index in [0.29, 0.717) is 52.8 Å². The van der Waals surface area contributed by atoms with E-state index in [1.165, 1.54) is 11.8 Å². The van der Waals surface area contributed by atoms with Crippen molar-refractivity contribution in [3.8, 4) is 34.2 Å². The van der Waals surface area contributed by atoms with Crippen LogP contribution in [0, 0.1) is 5.92 Å². The highest BCUT2D eigenvalue weighted by molar-refractivity contribution is 8.00. The molecule has 0 aliphatic carbocycles. The number of halogens is 1. The molecule has 1 fully saturated rings. The Bertz CT molecular complexity index is 1720. The molecule has 2 aliphatic heterocycles. The maximum absolute atomic E-state index is 14.1. The van der Waals surface area contributed by atoms with Crippen LogP contribution in [0.3, 0.4) is 0 Å². The van der Waals surface area contributed by atoms with Gasteiger partial charge in [-0.1, -0.05) is 36.7 Å². The number of ether oxygens (including phenoxy) is 3. The molecule has 0 spiro atoms. The lowest BCUT2D eigenvalue weighted by atomic mass is 9.98. The molecule has 6 rings (SSSR count). The average molecular weight is 661 g/mol. The van der Waals surface area contributed by atoms with Gasteiger partial charge < -0.3 is 19.1 Å². The summed E-state index contributed by atoms with van der Waals surface area (Å²) < 4.78 is 18.4. The minimum absolute atomic E-state index is 0.0729. The van der Waals surface area contributed by atoms with Crippen molar-refractivity contribution in [2.24, 2.45) is 5.92 Å². The zero-order valence-corrected chi connectivity index (χ0v) is 27.9. The van der Waals surface area contributed by atoms with Crippen LogP contribution in [0.15, 0.2) is 66.7 Å². The number of fused-ring (bicyclic) bond motifs is 1. The van der Waals surface area contributed by atoms with Gasteiger partial charge in [-0.05, 0) is 72.9 Å². The minimum Gasteiger partial charge on any atom is -0.497 e. The van der Waals surface area contributed by atoms with E-state index >= 15 is 0 Å². The minimum atomic E-state index is -0.327. The first-order chi connectivity index (χ1) is 22.3. The highest BCUT2D eigenvalue weighted by Crippen LogP contribution is 2.49. The van der Waals surface area contributed by atoms with Crippen LogP contribution in [0.2, 0.25) is 5.02 Å². The Morgan fingerprint density at radius 1 is 0.935 bits per heavy atom. The van der Waals surface area contributed by atoms with E-state index in [1.54, 1.807) is 30.9 Å². The van der Waals surface area contributed by atoms with Crippen LogP contribution in [-0.2, 0) is 9.59 Å². The molecule has 2 aliphatic rings. The third kappa shape index (κ3) is 6.28. The summed E-state index contributed by atoms with van der Waals surface area (Å²) in [5.74, 6) is 2.95. The van der Waals surface area contributed by atoms with E-state index in [1.807, 2.05) is 71.6 Å². The van der Waals surface area contributed by atoms with E-state index in [4.69, 9.17) is 30.9 Å². The number of rotatable bonds is 8. The number of piperidine rings is 1. The molecule has 3 heterocycles. The Kier molecular flexibility index (Phi) is 9.47. The lowest BCUT2D eigenvalue weighted by Crippen LogP contribution is -2.46. The van der Waals surface area contributed by atoms with E-state index < -0.39 is 0 Å². The Hall–Kier alpha value is -4.15. The van der Waals surface area contributed by atoms with Crippen molar-refractivity contribution >= 4 is 41.0 Å². The molecular formula is C35H37ClN4O5S. The fourth-order valence-electron chi connectivity index (χ4n) is 6.02. The predicted octanol–water partition coefficient (Wildman–Crippen LogP) is 6.65. The number of anilines is 1. The molecule has 1 aromatic heterocycles. The Morgan fingerprint density at radius 3 is 2.28 bits per heavy atom. The summed E-state index contributed by atoms with van der Waals surface area (Å²) in [6, 6.07) is 20.8. The van der Waals surface area contributed by atoms with Gasteiger partial charge in [0.15, 0.2) is 11.5 Å². The lowest BCUT2D eigenvalue weighted by Gasteiger charge is -2.32. The molecule has 1 atom stereocenters. The largest absolute Gasteiger partial charge is 0.497 e. The molecule has 4 aromatic rings. The van der Waals surface area contributed by atoms with Crippen molar-refractivity contribution in [2.45, 2.75) is 25.0 Å². The maximum Gasteiger partial charge on any atom is 0.242 e. The van der Waals surface area contributed by atoms with Gasteiger partial charge in [0.1, 0.15) is 18.1 Å². The maximum atomic E-state index is 14.1. The third-order valence-electron chi connectivity index (χ3n) is 8.66. The summed E-state index contributed by atoms with van der Waals surface area (Å²) in [5, 5.41) is 5.45. The fourth-order valence-corrected chi connectivity index (χ4v) is 7.33. The molecule has 9 nitrogen and oxygen atoms in total. The second kappa shape index (κ2) is 13.7. The van der Waals surface area contributed by atoms with E-state index in [2.05, 4.69) is 6.92 Å². The van der Waals surface area contributed by atoms with Crippen molar-refractivity contribution in [1.29, 1.82) is 0 Å². The second-order valence-corrected chi connectivity index (χ2v) is 13.1. The number of thioether (sulfide) groups is 1. The van der Waals surface area contributed by atoms with Crippen LogP contribution in [0.25, 0.3) is 16.9 Å². The standard InChI is InChI=1S/C35H37ClN4O5S/c1-22-15-17-38(18-16-22)30(41)20-39-31(42)21-46-34(24-7-14-28(44-3)29(19-24)45-4)32-33(23-5-8-25(36)9-6-23)37-40(35(32)39)26-10-12-27(43-2)13-11-26/h5-14,19,22,34H,15-18,20-21H2,1-4H3/t34-/m1/s1. The van der Waals surface area contributed by atoms with Crippen molar-refractivity contribution in [3.63, 3.8) is 0 Å². The van der Waals surface area contributed by atoms with E-state index in [-0.39, 0.29) is 29.4 Å². The number of likely N-dealkylation sites (tertiary alicyclic amines) is 1. The van der Waals surface area contributed by atoms with E-state index in [0.717, 1.165) is 35.2 Å². The summed E-state index contributed by atoms with van der Waals surface area (Å²) in [4.78, 5) is 31.5. The van der Waals surface area contributed by atoms with Crippen molar-refractivity contribution in [1.82, 2.24) is 14.7 Å². The molecule has 240 valence electrons. The topological polar surface area (TPSA) is 86.1 Å². The van der Waals surface area contributed by atoms with Crippen LogP contribution in [-0.4, -0.2) is 73.2 Å². The molecule has 11 heteroatoms. The Morgan fingerprint density at radius 2 is 1.63 bits per heavy atom. The zero-order chi connectivity index (χ0) is 32.4. The summed E-state index contributed by atoms with van der Waals surface area (Å²) in [6.45, 7) is 3.50. The normalized spacial score (nSPS) is 17.0. The van der Waals surface area contributed by atoms with Crippen LogP contribution < -0.4 is 19.1 Å². The highest BCUT2D eigenvalue weighted by Gasteiger charge is 2.38. The lowest BCUT2D eigenvalue weighted by molar-refractivity contribution is -0.132.